The Balaban J connectivity index is 2.71. The van der Waals surface area contributed by atoms with Crippen molar-refractivity contribution in [2.24, 2.45) is 0 Å². The van der Waals surface area contributed by atoms with Gasteiger partial charge < -0.3 is 5.11 Å². The molecule has 0 heterocycles. The average molecular weight is 182 g/mol. The van der Waals surface area contributed by atoms with E-state index < -0.39 is 6.10 Å². The summed E-state index contributed by atoms with van der Waals surface area (Å²) in [7, 11) is 0. The SMILES string of the molecule is CC(=O)CC(O)c1ccc(F)cc1. The van der Waals surface area contributed by atoms with Gasteiger partial charge in [0, 0.05) is 6.42 Å². The van der Waals surface area contributed by atoms with E-state index in [2.05, 4.69) is 0 Å². The van der Waals surface area contributed by atoms with Crippen LogP contribution in [0.5, 0.6) is 0 Å². The van der Waals surface area contributed by atoms with Crippen molar-refractivity contribution < 1.29 is 14.3 Å². The molecule has 1 N–H and O–H groups in total. The average Bonchev–Trinajstić information content (AvgIpc) is 2.04. The highest BCUT2D eigenvalue weighted by Gasteiger charge is 2.09. The first-order valence-electron chi connectivity index (χ1n) is 4.02. The van der Waals surface area contributed by atoms with Gasteiger partial charge in [0.1, 0.15) is 11.6 Å². The van der Waals surface area contributed by atoms with E-state index in [0.717, 1.165) is 0 Å². The van der Waals surface area contributed by atoms with Crippen LogP contribution in [-0.4, -0.2) is 10.9 Å². The normalized spacial score (nSPS) is 12.5. The molecule has 1 atom stereocenters. The fourth-order valence-corrected chi connectivity index (χ4v) is 1.08. The van der Waals surface area contributed by atoms with Crippen molar-refractivity contribution in [3.8, 4) is 0 Å². The van der Waals surface area contributed by atoms with Gasteiger partial charge in [0.25, 0.3) is 0 Å². The van der Waals surface area contributed by atoms with Crippen molar-refractivity contribution in [2.75, 3.05) is 0 Å². The molecule has 0 aliphatic heterocycles. The van der Waals surface area contributed by atoms with Crippen molar-refractivity contribution in [1.82, 2.24) is 0 Å². The molecule has 0 saturated heterocycles. The van der Waals surface area contributed by atoms with Gasteiger partial charge in [-0.05, 0) is 24.6 Å². The lowest BCUT2D eigenvalue weighted by Crippen LogP contribution is -2.02. The molecule has 13 heavy (non-hydrogen) atoms. The molecule has 1 aromatic carbocycles. The van der Waals surface area contributed by atoms with E-state index in [1.54, 1.807) is 0 Å². The molecule has 70 valence electrons. The van der Waals surface area contributed by atoms with Crippen molar-refractivity contribution >= 4 is 5.78 Å². The van der Waals surface area contributed by atoms with Crippen LogP contribution in [-0.2, 0) is 4.79 Å². The fourth-order valence-electron chi connectivity index (χ4n) is 1.08. The molecule has 1 rings (SSSR count). The molecule has 0 fully saturated rings. The predicted molar refractivity (Wildman–Crippen MR) is 46.7 cm³/mol. The fraction of sp³-hybridized carbons (Fsp3) is 0.300. The Hall–Kier alpha value is -1.22. The van der Waals surface area contributed by atoms with Crippen LogP contribution in [0.15, 0.2) is 24.3 Å². The first kappa shape index (κ1) is 9.86. The van der Waals surface area contributed by atoms with E-state index >= 15 is 0 Å². The minimum Gasteiger partial charge on any atom is -0.388 e. The molecule has 0 bridgehead atoms. The number of aliphatic hydroxyl groups is 1. The summed E-state index contributed by atoms with van der Waals surface area (Å²) >= 11 is 0. The molecule has 0 aromatic heterocycles. The van der Waals surface area contributed by atoms with E-state index in [1.807, 2.05) is 0 Å². The lowest BCUT2D eigenvalue weighted by molar-refractivity contribution is -0.118. The topological polar surface area (TPSA) is 37.3 Å². The highest BCUT2D eigenvalue weighted by atomic mass is 19.1. The van der Waals surface area contributed by atoms with Crippen LogP contribution in [0.1, 0.15) is 25.0 Å². The summed E-state index contributed by atoms with van der Waals surface area (Å²) < 4.78 is 12.5. The first-order chi connectivity index (χ1) is 6.09. The summed E-state index contributed by atoms with van der Waals surface area (Å²) in [5.74, 6) is -0.435. The zero-order valence-corrected chi connectivity index (χ0v) is 7.33. The van der Waals surface area contributed by atoms with E-state index in [9.17, 15) is 14.3 Å². The zero-order valence-electron chi connectivity index (χ0n) is 7.33. The number of hydrogen-bond donors (Lipinski definition) is 1. The summed E-state index contributed by atoms with van der Waals surface area (Å²) in [5.41, 5.74) is 0.566. The summed E-state index contributed by atoms with van der Waals surface area (Å²) in [5, 5.41) is 9.44. The molecule has 1 unspecified atom stereocenters. The summed E-state index contributed by atoms with van der Waals surface area (Å²) in [6, 6.07) is 5.48. The van der Waals surface area contributed by atoms with E-state index in [1.165, 1.54) is 31.2 Å². The standard InChI is InChI=1S/C10H11FO2/c1-7(12)6-10(13)8-2-4-9(11)5-3-8/h2-5,10,13H,6H2,1H3. The van der Waals surface area contributed by atoms with Crippen molar-refractivity contribution in [3.05, 3.63) is 35.6 Å². The smallest absolute Gasteiger partial charge is 0.132 e. The lowest BCUT2D eigenvalue weighted by atomic mass is 10.1. The highest BCUT2D eigenvalue weighted by Crippen LogP contribution is 2.16. The first-order valence-corrected chi connectivity index (χ1v) is 4.02. The Bertz CT molecular complexity index is 292. The number of carbonyl (C=O) groups is 1. The molecule has 0 aliphatic rings. The maximum atomic E-state index is 12.5. The van der Waals surface area contributed by atoms with Gasteiger partial charge in [-0.2, -0.15) is 0 Å². The third-order valence-electron chi connectivity index (χ3n) is 1.74. The van der Waals surface area contributed by atoms with Crippen molar-refractivity contribution in [3.63, 3.8) is 0 Å². The lowest BCUT2D eigenvalue weighted by Gasteiger charge is -2.07. The molecule has 0 spiro atoms. The maximum Gasteiger partial charge on any atom is 0.132 e. The highest BCUT2D eigenvalue weighted by molar-refractivity contribution is 5.76. The summed E-state index contributed by atoms with van der Waals surface area (Å²) in [6.45, 7) is 1.41. The third-order valence-corrected chi connectivity index (χ3v) is 1.74. The number of carbonyl (C=O) groups excluding carboxylic acids is 1. The minimum absolute atomic E-state index is 0.0750. The Morgan fingerprint density at radius 3 is 2.46 bits per heavy atom. The molecule has 2 nitrogen and oxygen atoms in total. The summed E-state index contributed by atoms with van der Waals surface area (Å²) in [4.78, 5) is 10.7. The molecule has 0 aliphatic carbocycles. The van der Waals surface area contributed by atoms with Gasteiger partial charge >= 0.3 is 0 Å². The van der Waals surface area contributed by atoms with Crippen LogP contribution >= 0.6 is 0 Å². The molecule has 0 radical (unpaired) electrons. The zero-order chi connectivity index (χ0) is 9.84. The molecule has 1 aromatic rings. The van der Waals surface area contributed by atoms with Crippen LogP contribution in [0, 0.1) is 5.82 Å². The second-order valence-electron chi connectivity index (χ2n) is 2.97. The number of benzene rings is 1. The van der Waals surface area contributed by atoms with Gasteiger partial charge in [0.05, 0.1) is 6.10 Å². The van der Waals surface area contributed by atoms with Gasteiger partial charge in [0.2, 0.25) is 0 Å². The largest absolute Gasteiger partial charge is 0.388 e. The van der Waals surface area contributed by atoms with Gasteiger partial charge in [-0.3, -0.25) is 4.79 Å². The van der Waals surface area contributed by atoms with Crippen LogP contribution in [0.3, 0.4) is 0 Å². The van der Waals surface area contributed by atoms with Crippen molar-refractivity contribution in [2.45, 2.75) is 19.4 Å². The summed E-state index contributed by atoms with van der Waals surface area (Å²) in [6.07, 6.45) is -0.746. The van der Waals surface area contributed by atoms with Crippen molar-refractivity contribution in [1.29, 1.82) is 0 Å². The minimum atomic E-state index is -0.821. The van der Waals surface area contributed by atoms with E-state index in [0.29, 0.717) is 5.56 Å². The number of ketones is 1. The third kappa shape index (κ3) is 2.95. The van der Waals surface area contributed by atoms with E-state index in [4.69, 9.17) is 0 Å². The number of rotatable bonds is 3. The van der Waals surface area contributed by atoms with E-state index in [-0.39, 0.29) is 18.0 Å². The molecule has 0 saturated carbocycles. The maximum absolute atomic E-state index is 12.5. The number of aliphatic hydroxyl groups excluding tert-OH is 1. The van der Waals surface area contributed by atoms with Gasteiger partial charge in [-0.1, -0.05) is 12.1 Å². The monoisotopic (exact) mass is 182 g/mol. The quantitative estimate of drug-likeness (QED) is 0.774. The van der Waals surface area contributed by atoms with Gasteiger partial charge in [0.15, 0.2) is 0 Å². The Kier molecular flexibility index (Phi) is 3.14. The number of hydrogen-bond acceptors (Lipinski definition) is 2. The number of Topliss-reactive ketones (excluding diaryl/α,β-unsaturated/α-hetero) is 1. The van der Waals surface area contributed by atoms with Crippen LogP contribution < -0.4 is 0 Å². The Morgan fingerprint density at radius 1 is 1.46 bits per heavy atom. The number of halogens is 1. The van der Waals surface area contributed by atoms with Crippen LogP contribution in [0.25, 0.3) is 0 Å². The second kappa shape index (κ2) is 4.14. The molecule has 3 heteroatoms. The molecular formula is C10H11FO2. The second-order valence-corrected chi connectivity index (χ2v) is 2.97. The van der Waals surface area contributed by atoms with Crippen LogP contribution in [0.4, 0.5) is 4.39 Å². The van der Waals surface area contributed by atoms with Gasteiger partial charge in [-0.15, -0.1) is 0 Å². The predicted octanol–water partition coefficient (Wildman–Crippen LogP) is 1.84. The molecular weight excluding hydrogens is 171 g/mol. The van der Waals surface area contributed by atoms with Gasteiger partial charge in [-0.25, -0.2) is 4.39 Å². The Labute approximate surface area is 76.0 Å². The Morgan fingerprint density at radius 2 is 2.00 bits per heavy atom. The van der Waals surface area contributed by atoms with Crippen LogP contribution in [0.2, 0.25) is 0 Å². The molecule has 0 amide bonds.